The predicted molar refractivity (Wildman–Crippen MR) is 79.2 cm³/mol. The molecule has 3 rings (SSSR count). The van der Waals surface area contributed by atoms with Gasteiger partial charge in [0.05, 0.1) is 11.9 Å². The molecule has 2 atom stereocenters. The highest BCUT2D eigenvalue weighted by Crippen LogP contribution is 2.32. The van der Waals surface area contributed by atoms with E-state index in [-0.39, 0.29) is 0 Å². The number of rotatable bonds is 4. The van der Waals surface area contributed by atoms with Crippen LogP contribution < -0.4 is 5.32 Å². The summed E-state index contributed by atoms with van der Waals surface area (Å²) in [4.78, 5) is 13.7. The minimum atomic E-state index is -0.903. The molecule has 2 saturated heterocycles. The molecular formula is C15H24N4O2. The van der Waals surface area contributed by atoms with Crippen molar-refractivity contribution in [3.8, 4) is 0 Å². The zero-order chi connectivity index (χ0) is 15.0. The lowest BCUT2D eigenvalue weighted by Crippen LogP contribution is -2.54. The number of carboxylic acid groups (broad SMARTS) is 1. The molecule has 0 radical (unpaired) electrons. The highest BCUT2D eigenvalue weighted by Gasteiger charge is 2.35. The van der Waals surface area contributed by atoms with E-state index in [1.807, 2.05) is 0 Å². The van der Waals surface area contributed by atoms with Gasteiger partial charge in [0.15, 0.2) is 0 Å². The Kier molecular flexibility index (Phi) is 3.99. The molecule has 1 aromatic rings. The SMILES string of the molecule is CN1C2CCCC1CC(NCc1c(C(=O)O)cnn1C)C2. The average molecular weight is 292 g/mol. The molecule has 6 nitrogen and oxygen atoms in total. The van der Waals surface area contributed by atoms with Crippen LogP contribution >= 0.6 is 0 Å². The van der Waals surface area contributed by atoms with Gasteiger partial charge in [0.1, 0.15) is 5.56 Å². The number of fused-ring (bicyclic) bond motifs is 2. The lowest BCUT2D eigenvalue weighted by Gasteiger charge is -2.47. The highest BCUT2D eigenvalue weighted by molar-refractivity contribution is 5.88. The Morgan fingerprint density at radius 3 is 2.67 bits per heavy atom. The first-order chi connectivity index (χ1) is 10.1. The Balaban J connectivity index is 1.63. The summed E-state index contributed by atoms with van der Waals surface area (Å²) < 4.78 is 1.66. The molecule has 0 saturated carbocycles. The fourth-order valence-electron chi connectivity index (χ4n) is 3.87. The quantitative estimate of drug-likeness (QED) is 0.873. The second kappa shape index (κ2) is 5.77. The topological polar surface area (TPSA) is 70.4 Å². The first-order valence-electron chi connectivity index (χ1n) is 7.75. The van der Waals surface area contributed by atoms with Crippen LogP contribution in [0.2, 0.25) is 0 Å². The van der Waals surface area contributed by atoms with E-state index in [1.165, 1.54) is 25.5 Å². The fourth-order valence-corrected chi connectivity index (χ4v) is 3.87. The van der Waals surface area contributed by atoms with Gasteiger partial charge in [-0.15, -0.1) is 0 Å². The Hall–Kier alpha value is -1.40. The number of nitrogens with one attached hydrogen (secondary N) is 1. The van der Waals surface area contributed by atoms with Crippen molar-refractivity contribution in [1.29, 1.82) is 0 Å². The van der Waals surface area contributed by atoms with Gasteiger partial charge in [-0.1, -0.05) is 6.42 Å². The predicted octanol–water partition coefficient (Wildman–Crippen LogP) is 1.22. The number of hydrogen-bond acceptors (Lipinski definition) is 4. The molecule has 0 spiro atoms. The van der Waals surface area contributed by atoms with E-state index in [1.54, 1.807) is 11.7 Å². The third kappa shape index (κ3) is 2.82. The summed E-state index contributed by atoms with van der Waals surface area (Å²) >= 11 is 0. The van der Waals surface area contributed by atoms with Crippen molar-refractivity contribution < 1.29 is 9.90 Å². The van der Waals surface area contributed by atoms with Crippen LogP contribution in [-0.4, -0.2) is 50.9 Å². The number of aromatic nitrogens is 2. The van der Waals surface area contributed by atoms with Crippen LogP contribution in [0.4, 0.5) is 0 Å². The molecule has 0 aromatic carbocycles. The summed E-state index contributed by atoms with van der Waals surface area (Å²) in [5.74, 6) is -0.903. The molecule has 0 aliphatic carbocycles. The minimum absolute atomic E-state index is 0.304. The average Bonchev–Trinajstić information content (AvgIpc) is 2.78. The van der Waals surface area contributed by atoms with Crippen molar-refractivity contribution in [2.24, 2.45) is 7.05 Å². The van der Waals surface area contributed by atoms with E-state index in [2.05, 4.69) is 22.4 Å². The second-order valence-corrected chi connectivity index (χ2v) is 6.39. The van der Waals surface area contributed by atoms with Crippen LogP contribution in [0.3, 0.4) is 0 Å². The molecular weight excluding hydrogens is 268 g/mol. The molecule has 2 aliphatic rings. The van der Waals surface area contributed by atoms with Crippen LogP contribution in [0.15, 0.2) is 6.20 Å². The van der Waals surface area contributed by atoms with Crippen molar-refractivity contribution in [2.45, 2.75) is 56.8 Å². The molecule has 1 aromatic heterocycles. The first-order valence-corrected chi connectivity index (χ1v) is 7.75. The summed E-state index contributed by atoms with van der Waals surface area (Å²) in [7, 11) is 4.04. The second-order valence-electron chi connectivity index (χ2n) is 6.39. The van der Waals surface area contributed by atoms with Crippen molar-refractivity contribution in [1.82, 2.24) is 20.0 Å². The van der Waals surface area contributed by atoms with E-state index < -0.39 is 5.97 Å². The molecule has 116 valence electrons. The number of carboxylic acids is 1. The van der Waals surface area contributed by atoms with Gasteiger partial charge in [0.25, 0.3) is 0 Å². The number of carbonyl (C=O) groups is 1. The number of nitrogens with zero attached hydrogens (tertiary/aromatic N) is 3. The maximum absolute atomic E-state index is 11.2. The van der Waals surface area contributed by atoms with E-state index in [0.717, 1.165) is 18.5 Å². The number of aryl methyl sites for hydroxylation is 1. The van der Waals surface area contributed by atoms with Gasteiger partial charge in [0.2, 0.25) is 0 Å². The van der Waals surface area contributed by atoms with Gasteiger partial charge in [-0.05, 0) is 32.7 Å². The Morgan fingerprint density at radius 1 is 1.38 bits per heavy atom. The third-order valence-corrected chi connectivity index (χ3v) is 5.19. The van der Waals surface area contributed by atoms with Crippen LogP contribution in [-0.2, 0) is 13.6 Å². The zero-order valence-electron chi connectivity index (χ0n) is 12.7. The van der Waals surface area contributed by atoms with E-state index in [0.29, 0.717) is 30.2 Å². The molecule has 21 heavy (non-hydrogen) atoms. The number of piperidine rings is 2. The monoisotopic (exact) mass is 292 g/mol. The molecule has 2 bridgehead atoms. The molecule has 2 fully saturated rings. The summed E-state index contributed by atoms with van der Waals surface area (Å²) in [5.41, 5.74) is 1.06. The van der Waals surface area contributed by atoms with Crippen molar-refractivity contribution in [3.63, 3.8) is 0 Å². The molecule has 3 heterocycles. The summed E-state index contributed by atoms with van der Waals surface area (Å²) in [5, 5.41) is 16.8. The van der Waals surface area contributed by atoms with Gasteiger partial charge in [-0.3, -0.25) is 4.68 Å². The minimum Gasteiger partial charge on any atom is -0.478 e. The maximum atomic E-state index is 11.2. The van der Waals surface area contributed by atoms with Crippen LogP contribution in [0, 0.1) is 0 Å². The molecule has 2 aliphatic heterocycles. The van der Waals surface area contributed by atoms with Gasteiger partial charge < -0.3 is 15.3 Å². The Labute approximate surface area is 125 Å². The zero-order valence-corrected chi connectivity index (χ0v) is 12.7. The normalized spacial score (nSPS) is 29.5. The summed E-state index contributed by atoms with van der Waals surface area (Å²) in [6.07, 6.45) is 7.68. The van der Waals surface area contributed by atoms with Gasteiger partial charge in [-0.25, -0.2) is 4.79 Å². The van der Waals surface area contributed by atoms with Crippen molar-refractivity contribution >= 4 is 5.97 Å². The molecule has 2 N–H and O–H groups in total. The number of aromatic carboxylic acids is 1. The van der Waals surface area contributed by atoms with Crippen molar-refractivity contribution in [3.05, 3.63) is 17.5 Å². The van der Waals surface area contributed by atoms with Gasteiger partial charge in [-0.2, -0.15) is 5.10 Å². The summed E-state index contributed by atoms with van der Waals surface area (Å²) in [6, 6.07) is 1.84. The largest absolute Gasteiger partial charge is 0.478 e. The van der Waals surface area contributed by atoms with Crippen molar-refractivity contribution in [2.75, 3.05) is 7.05 Å². The Morgan fingerprint density at radius 2 is 2.05 bits per heavy atom. The first kappa shape index (κ1) is 14.5. The van der Waals surface area contributed by atoms with Gasteiger partial charge in [0, 0.05) is 31.7 Å². The van der Waals surface area contributed by atoms with E-state index in [9.17, 15) is 9.90 Å². The lowest BCUT2D eigenvalue weighted by atomic mass is 9.82. The smallest absolute Gasteiger partial charge is 0.339 e. The highest BCUT2D eigenvalue weighted by atomic mass is 16.4. The third-order valence-electron chi connectivity index (χ3n) is 5.19. The molecule has 0 amide bonds. The Bertz CT molecular complexity index is 514. The van der Waals surface area contributed by atoms with Gasteiger partial charge >= 0.3 is 5.97 Å². The molecule has 2 unspecified atom stereocenters. The standard InChI is InChI=1S/C15H24N4O2/c1-18-11-4-3-5-12(18)7-10(6-11)16-9-14-13(15(20)21)8-17-19(14)2/h8,10-12,16H,3-7,9H2,1-2H3,(H,20,21). The molecule has 6 heteroatoms. The van der Waals surface area contributed by atoms with E-state index >= 15 is 0 Å². The lowest BCUT2D eigenvalue weighted by molar-refractivity contribution is 0.0480. The van der Waals surface area contributed by atoms with Crippen LogP contribution in [0.25, 0.3) is 0 Å². The number of hydrogen-bond donors (Lipinski definition) is 2. The van der Waals surface area contributed by atoms with E-state index in [4.69, 9.17) is 0 Å². The fraction of sp³-hybridized carbons (Fsp3) is 0.733. The summed E-state index contributed by atoms with van der Waals surface area (Å²) in [6.45, 7) is 0.575. The maximum Gasteiger partial charge on any atom is 0.339 e. The van der Waals surface area contributed by atoms with Crippen LogP contribution in [0.1, 0.15) is 48.2 Å². The van der Waals surface area contributed by atoms with Crippen LogP contribution in [0.5, 0.6) is 0 Å².